The fourth-order valence-corrected chi connectivity index (χ4v) is 3.81. The largest absolute Gasteiger partial charge is 0.398 e. The topological polar surface area (TPSA) is 84.7 Å². The van der Waals surface area contributed by atoms with E-state index in [1.807, 2.05) is 7.05 Å². The summed E-state index contributed by atoms with van der Waals surface area (Å²) in [6.07, 6.45) is -0.174. The number of benzene rings is 1. The number of rotatable bonds is 4. The van der Waals surface area contributed by atoms with E-state index in [0.29, 0.717) is 13.2 Å². The monoisotopic (exact) mass is 319 g/mol. The van der Waals surface area contributed by atoms with Crippen molar-refractivity contribution in [2.45, 2.75) is 11.0 Å². The highest BCUT2D eigenvalue weighted by Gasteiger charge is 2.24. The molecular weight excluding hydrogens is 302 g/mol. The van der Waals surface area contributed by atoms with Crippen molar-refractivity contribution >= 4 is 27.3 Å². The molecule has 1 aliphatic rings. The summed E-state index contributed by atoms with van der Waals surface area (Å²) in [5.41, 5.74) is 5.83. The average Bonchev–Trinajstić information content (AvgIpc) is 2.36. The van der Waals surface area contributed by atoms with Crippen molar-refractivity contribution in [1.82, 2.24) is 9.62 Å². The van der Waals surface area contributed by atoms with E-state index >= 15 is 0 Å². The molecule has 0 spiro atoms. The van der Waals surface area contributed by atoms with E-state index in [0.717, 1.165) is 6.54 Å². The van der Waals surface area contributed by atoms with Crippen LogP contribution in [0.3, 0.4) is 0 Å². The van der Waals surface area contributed by atoms with Gasteiger partial charge in [-0.1, -0.05) is 17.7 Å². The minimum Gasteiger partial charge on any atom is -0.398 e. The van der Waals surface area contributed by atoms with E-state index in [1.165, 1.54) is 12.1 Å². The maximum absolute atomic E-state index is 12.3. The number of ether oxygens (including phenoxy) is 1. The van der Waals surface area contributed by atoms with Crippen molar-refractivity contribution in [3.05, 3.63) is 23.2 Å². The summed E-state index contributed by atoms with van der Waals surface area (Å²) in [7, 11) is -1.78. The number of likely N-dealkylation sites (N-methyl/N-ethyl adjacent to an activating group) is 1. The predicted molar refractivity (Wildman–Crippen MR) is 78.3 cm³/mol. The van der Waals surface area contributed by atoms with Crippen LogP contribution in [0.4, 0.5) is 5.69 Å². The van der Waals surface area contributed by atoms with Gasteiger partial charge in [-0.2, -0.15) is 0 Å². The molecule has 1 fully saturated rings. The molecule has 1 aromatic rings. The Balaban J connectivity index is 2.08. The lowest BCUT2D eigenvalue weighted by atomic mass is 10.3. The lowest BCUT2D eigenvalue weighted by Crippen LogP contribution is -2.45. The van der Waals surface area contributed by atoms with Gasteiger partial charge in [0.2, 0.25) is 10.0 Å². The van der Waals surface area contributed by atoms with Crippen LogP contribution in [0.25, 0.3) is 0 Å². The quantitative estimate of drug-likeness (QED) is 0.791. The Hall–Kier alpha value is -0.860. The molecule has 1 saturated heterocycles. The van der Waals surface area contributed by atoms with Crippen LogP contribution < -0.4 is 10.5 Å². The van der Waals surface area contributed by atoms with Gasteiger partial charge >= 0.3 is 0 Å². The predicted octanol–water partition coefficient (Wildman–Crippen LogP) is 0.531. The highest BCUT2D eigenvalue weighted by molar-refractivity contribution is 7.89. The van der Waals surface area contributed by atoms with Crippen molar-refractivity contribution in [3.8, 4) is 0 Å². The molecule has 3 N–H and O–H groups in total. The van der Waals surface area contributed by atoms with E-state index in [9.17, 15) is 8.42 Å². The summed E-state index contributed by atoms with van der Waals surface area (Å²) in [4.78, 5) is 2.01. The van der Waals surface area contributed by atoms with E-state index < -0.39 is 10.0 Å². The lowest BCUT2D eigenvalue weighted by Gasteiger charge is -2.30. The van der Waals surface area contributed by atoms with Crippen molar-refractivity contribution in [3.63, 3.8) is 0 Å². The first-order chi connectivity index (χ1) is 9.40. The van der Waals surface area contributed by atoms with Gasteiger partial charge in [-0.15, -0.1) is 0 Å². The molecule has 0 aromatic heterocycles. The first-order valence-corrected chi connectivity index (χ1v) is 8.10. The van der Waals surface area contributed by atoms with Crippen LogP contribution >= 0.6 is 11.6 Å². The van der Waals surface area contributed by atoms with Gasteiger partial charge in [0, 0.05) is 19.6 Å². The lowest BCUT2D eigenvalue weighted by molar-refractivity contribution is -0.0156. The molecule has 1 aliphatic heterocycles. The van der Waals surface area contributed by atoms with Crippen LogP contribution in [0.2, 0.25) is 5.02 Å². The molecule has 20 heavy (non-hydrogen) atoms. The third-order valence-corrected chi connectivity index (χ3v) is 5.08. The Morgan fingerprint density at radius 2 is 2.30 bits per heavy atom. The molecule has 0 bridgehead atoms. The number of nitrogen functional groups attached to an aromatic ring is 1. The average molecular weight is 320 g/mol. The Morgan fingerprint density at radius 1 is 1.55 bits per heavy atom. The number of nitrogens with two attached hydrogens (primary N) is 1. The highest BCUT2D eigenvalue weighted by Crippen LogP contribution is 2.26. The molecule has 0 aliphatic carbocycles. The molecular formula is C12H18ClN3O3S. The van der Waals surface area contributed by atoms with E-state index in [2.05, 4.69) is 9.62 Å². The molecule has 1 atom stereocenters. The Labute approximate surface area is 123 Å². The Kier molecular flexibility index (Phi) is 4.87. The van der Waals surface area contributed by atoms with Gasteiger partial charge in [0.15, 0.2) is 0 Å². The van der Waals surface area contributed by atoms with E-state index in [4.69, 9.17) is 22.1 Å². The standard InChI is InChI=1S/C12H18ClN3O3S/c1-16-5-6-19-9(8-16)7-15-20(17,18)12-10(13)3-2-4-11(12)14/h2-4,9,15H,5-8,14H2,1H3. The van der Waals surface area contributed by atoms with Crippen LogP contribution in [0.15, 0.2) is 23.1 Å². The first-order valence-electron chi connectivity index (χ1n) is 6.24. The molecule has 1 aromatic carbocycles. The fourth-order valence-electron chi connectivity index (χ4n) is 2.07. The van der Waals surface area contributed by atoms with Crippen molar-refractivity contribution < 1.29 is 13.2 Å². The molecule has 0 radical (unpaired) electrons. The van der Waals surface area contributed by atoms with Gasteiger partial charge in [0.1, 0.15) is 4.90 Å². The number of hydrogen-bond donors (Lipinski definition) is 2. The van der Waals surface area contributed by atoms with Crippen molar-refractivity contribution in [2.75, 3.05) is 39.0 Å². The van der Waals surface area contributed by atoms with Crippen LogP contribution in [-0.4, -0.2) is 52.7 Å². The van der Waals surface area contributed by atoms with E-state index in [-0.39, 0.29) is 28.3 Å². The summed E-state index contributed by atoms with van der Waals surface area (Å²) >= 11 is 5.92. The molecule has 8 heteroatoms. The maximum atomic E-state index is 12.3. The summed E-state index contributed by atoms with van der Waals surface area (Å²) in [5, 5.41) is 0.110. The Morgan fingerprint density at radius 3 is 2.95 bits per heavy atom. The van der Waals surface area contributed by atoms with E-state index in [1.54, 1.807) is 6.07 Å². The smallest absolute Gasteiger partial charge is 0.244 e. The number of halogens is 1. The second-order valence-electron chi connectivity index (χ2n) is 4.77. The molecule has 112 valence electrons. The molecule has 6 nitrogen and oxygen atoms in total. The van der Waals surface area contributed by atoms with Gasteiger partial charge in [-0.05, 0) is 19.2 Å². The van der Waals surface area contributed by atoms with Gasteiger partial charge in [0.25, 0.3) is 0 Å². The number of sulfonamides is 1. The molecule has 0 amide bonds. The minimum atomic E-state index is -3.74. The zero-order valence-corrected chi connectivity index (χ0v) is 12.7. The Bertz CT molecular complexity index is 559. The maximum Gasteiger partial charge on any atom is 0.244 e. The molecule has 1 heterocycles. The summed E-state index contributed by atoms with van der Waals surface area (Å²) in [6.45, 7) is 2.32. The van der Waals surface area contributed by atoms with Crippen molar-refractivity contribution in [2.24, 2.45) is 0 Å². The zero-order valence-electron chi connectivity index (χ0n) is 11.2. The number of morpholine rings is 1. The minimum absolute atomic E-state index is 0.0779. The number of nitrogens with zero attached hydrogens (tertiary/aromatic N) is 1. The third kappa shape index (κ3) is 3.62. The summed E-state index contributed by atoms with van der Waals surface area (Å²) < 4.78 is 32.5. The molecule has 2 rings (SSSR count). The summed E-state index contributed by atoms with van der Waals surface area (Å²) in [5.74, 6) is 0. The second kappa shape index (κ2) is 6.28. The van der Waals surface area contributed by atoms with Crippen LogP contribution in [0.1, 0.15) is 0 Å². The first kappa shape index (κ1) is 15.5. The van der Waals surface area contributed by atoms with Gasteiger partial charge in [-0.25, -0.2) is 13.1 Å². The zero-order chi connectivity index (χ0) is 14.8. The van der Waals surface area contributed by atoms with Crippen LogP contribution in [0, 0.1) is 0 Å². The molecule has 1 unspecified atom stereocenters. The van der Waals surface area contributed by atoms with Gasteiger partial charge in [0.05, 0.1) is 23.4 Å². The second-order valence-corrected chi connectivity index (χ2v) is 6.88. The SMILES string of the molecule is CN1CCOC(CNS(=O)(=O)c2c(N)cccc2Cl)C1. The highest BCUT2D eigenvalue weighted by atomic mass is 35.5. The van der Waals surface area contributed by atoms with Crippen molar-refractivity contribution in [1.29, 1.82) is 0 Å². The summed E-state index contributed by atoms with van der Waals surface area (Å²) in [6, 6.07) is 4.61. The molecule has 0 saturated carbocycles. The van der Waals surface area contributed by atoms with Gasteiger partial charge < -0.3 is 15.4 Å². The normalized spacial score (nSPS) is 21.0. The number of anilines is 1. The van der Waals surface area contributed by atoms with Crippen LogP contribution in [-0.2, 0) is 14.8 Å². The fraction of sp³-hybridized carbons (Fsp3) is 0.500. The third-order valence-electron chi connectivity index (χ3n) is 3.11. The number of hydrogen-bond acceptors (Lipinski definition) is 5. The van der Waals surface area contributed by atoms with Crippen LogP contribution in [0.5, 0.6) is 0 Å². The van der Waals surface area contributed by atoms with Gasteiger partial charge in [-0.3, -0.25) is 0 Å². The number of nitrogens with one attached hydrogen (secondary N) is 1.